The van der Waals surface area contributed by atoms with Crippen LogP contribution in [0, 0.1) is 0 Å². The van der Waals surface area contributed by atoms with Crippen LogP contribution in [0.25, 0.3) is 6.08 Å². The zero-order valence-corrected chi connectivity index (χ0v) is 18.5. The summed E-state index contributed by atoms with van der Waals surface area (Å²) < 4.78 is 12.1. The van der Waals surface area contributed by atoms with Gasteiger partial charge in [-0.05, 0) is 42.5 Å². The maximum absolute atomic E-state index is 5.64. The molecule has 1 atom stereocenters. The number of rotatable bonds is 6. The summed E-state index contributed by atoms with van der Waals surface area (Å²) >= 11 is 3.58. The maximum Gasteiger partial charge on any atom is 0.126 e. The van der Waals surface area contributed by atoms with Gasteiger partial charge in [-0.2, -0.15) is 5.10 Å². The van der Waals surface area contributed by atoms with Gasteiger partial charge in [-0.15, -0.1) is 0 Å². The first-order valence-electron chi connectivity index (χ1n) is 9.76. The highest BCUT2D eigenvalue weighted by molar-refractivity contribution is 9.10. The van der Waals surface area contributed by atoms with Crippen LogP contribution in [0.3, 0.4) is 0 Å². The number of hydrogen-bond acceptors (Lipinski definition) is 4. The summed E-state index contributed by atoms with van der Waals surface area (Å²) in [6, 6.07) is 24.4. The van der Waals surface area contributed by atoms with Gasteiger partial charge in [0.1, 0.15) is 11.5 Å². The van der Waals surface area contributed by atoms with Crippen molar-refractivity contribution in [2.45, 2.75) is 12.5 Å². The summed E-state index contributed by atoms with van der Waals surface area (Å²) in [5.41, 5.74) is 4.17. The molecule has 0 N–H and O–H groups in total. The van der Waals surface area contributed by atoms with E-state index in [9.17, 15) is 0 Å². The standard InChI is InChI=1S/C25H23BrN2O2/c1-29-24-12-5-3-8-18(24)14-15-20-17-23(22-11-4-6-13-25(22)30-2)28(27-20)21-10-7-9-19(26)16-21/h3-16,23H,17H2,1-2H3/b15-14+/t23-/m1/s1. The van der Waals surface area contributed by atoms with Crippen LogP contribution in [0.4, 0.5) is 5.69 Å². The van der Waals surface area contributed by atoms with Gasteiger partial charge in [0.05, 0.1) is 31.7 Å². The fourth-order valence-corrected chi connectivity index (χ4v) is 4.05. The van der Waals surface area contributed by atoms with E-state index in [0.29, 0.717) is 0 Å². The van der Waals surface area contributed by atoms with Crippen molar-refractivity contribution in [2.24, 2.45) is 5.10 Å². The number of anilines is 1. The third-order valence-electron chi connectivity index (χ3n) is 5.10. The molecule has 152 valence electrons. The molecular formula is C25H23BrN2O2. The minimum Gasteiger partial charge on any atom is -0.496 e. The molecule has 30 heavy (non-hydrogen) atoms. The summed E-state index contributed by atoms with van der Waals surface area (Å²) in [4.78, 5) is 0. The van der Waals surface area contributed by atoms with Crippen LogP contribution in [0.5, 0.6) is 11.5 Å². The molecule has 0 aromatic heterocycles. The summed E-state index contributed by atoms with van der Waals surface area (Å²) in [6.45, 7) is 0. The molecule has 4 nitrogen and oxygen atoms in total. The lowest BCUT2D eigenvalue weighted by molar-refractivity contribution is 0.405. The van der Waals surface area contributed by atoms with Crippen molar-refractivity contribution in [3.63, 3.8) is 0 Å². The topological polar surface area (TPSA) is 34.1 Å². The molecule has 1 heterocycles. The second-order valence-electron chi connectivity index (χ2n) is 6.95. The van der Waals surface area contributed by atoms with Gasteiger partial charge in [0.25, 0.3) is 0 Å². The average Bonchev–Trinajstić information content (AvgIpc) is 3.22. The molecular weight excluding hydrogens is 440 g/mol. The predicted molar refractivity (Wildman–Crippen MR) is 126 cm³/mol. The molecule has 1 aliphatic heterocycles. The van der Waals surface area contributed by atoms with Crippen LogP contribution < -0.4 is 14.5 Å². The minimum absolute atomic E-state index is 0.0489. The molecule has 0 radical (unpaired) electrons. The first-order valence-corrected chi connectivity index (χ1v) is 10.5. The number of hydrazone groups is 1. The number of methoxy groups -OCH3 is 2. The van der Waals surface area contributed by atoms with Crippen LogP contribution in [-0.2, 0) is 0 Å². The fraction of sp³-hybridized carbons (Fsp3) is 0.160. The van der Waals surface area contributed by atoms with Gasteiger partial charge >= 0.3 is 0 Å². The Balaban J connectivity index is 1.71. The average molecular weight is 463 g/mol. The van der Waals surface area contributed by atoms with Gasteiger partial charge in [0.15, 0.2) is 0 Å². The molecule has 0 saturated heterocycles. The van der Waals surface area contributed by atoms with Crippen molar-refractivity contribution < 1.29 is 9.47 Å². The van der Waals surface area contributed by atoms with E-state index in [2.05, 4.69) is 51.3 Å². The Kier molecular flexibility index (Phi) is 6.19. The molecule has 4 rings (SSSR count). The number of ether oxygens (including phenoxy) is 2. The van der Waals surface area contributed by atoms with E-state index in [1.165, 1.54) is 0 Å². The second kappa shape index (κ2) is 9.18. The number of para-hydroxylation sites is 2. The molecule has 0 amide bonds. The van der Waals surface area contributed by atoms with Gasteiger partial charge in [-0.1, -0.05) is 58.4 Å². The Hall–Kier alpha value is -3.05. The quantitative estimate of drug-likeness (QED) is 0.419. The van der Waals surface area contributed by atoms with E-state index in [4.69, 9.17) is 14.6 Å². The van der Waals surface area contributed by atoms with Gasteiger partial charge < -0.3 is 9.47 Å². The monoisotopic (exact) mass is 462 g/mol. The predicted octanol–water partition coefficient (Wildman–Crippen LogP) is 6.49. The number of halogens is 1. The summed E-state index contributed by atoms with van der Waals surface area (Å²) in [5.74, 6) is 1.71. The van der Waals surface area contributed by atoms with E-state index in [0.717, 1.165) is 44.9 Å². The number of benzene rings is 3. The second-order valence-corrected chi connectivity index (χ2v) is 7.87. The van der Waals surface area contributed by atoms with Gasteiger partial charge in [0, 0.05) is 22.0 Å². The third kappa shape index (κ3) is 4.26. The van der Waals surface area contributed by atoms with Gasteiger partial charge in [-0.3, -0.25) is 5.01 Å². The van der Waals surface area contributed by atoms with Crippen LogP contribution >= 0.6 is 15.9 Å². The Labute approximate surface area is 185 Å². The van der Waals surface area contributed by atoms with Crippen LogP contribution in [0.1, 0.15) is 23.6 Å². The van der Waals surface area contributed by atoms with Gasteiger partial charge in [0.2, 0.25) is 0 Å². The normalized spacial score (nSPS) is 16.0. The van der Waals surface area contributed by atoms with E-state index >= 15 is 0 Å². The van der Waals surface area contributed by atoms with Crippen LogP contribution in [-0.4, -0.2) is 19.9 Å². The highest BCUT2D eigenvalue weighted by Crippen LogP contribution is 2.40. The van der Waals surface area contributed by atoms with E-state index in [1.54, 1.807) is 14.2 Å². The van der Waals surface area contributed by atoms with Crippen molar-refractivity contribution in [1.82, 2.24) is 0 Å². The molecule has 0 fully saturated rings. The molecule has 0 spiro atoms. The van der Waals surface area contributed by atoms with Gasteiger partial charge in [-0.25, -0.2) is 0 Å². The zero-order chi connectivity index (χ0) is 20.9. The molecule has 0 unspecified atom stereocenters. The van der Waals surface area contributed by atoms with E-state index < -0.39 is 0 Å². The van der Waals surface area contributed by atoms with Crippen molar-refractivity contribution in [3.05, 3.63) is 94.5 Å². The lowest BCUT2D eigenvalue weighted by atomic mass is 9.99. The molecule has 3 aromatic carbocycles. The molecule has 0 aliphatic carbocycles. The largest absolute Gasteiger partial charge is 0.496 e. The molecule has 0 bridgehead atoms. The van der Waals surface area contributed by atoms with Crippen LogP contribution in [0.15, 0.2) is 88.4 Å². The molecule has 1 aliphatic rings. The Morgan fingerprint density at radius 3 is 2.40 bits per heavy atom. The molecule has 5 heteroatoms. The first-order chi connectivity index (χ1) is 14.7. The third-order valence-corrected chi connectivity index (χ3v) is 5.59. The summed E-state index contributed by atoms with van der Waals surface area (Å²) in [5, 5.41) is 7.02. The number of hydrogen-bond donors (Lipinski definition) is 0. The lowest BCUT2D eigenvalue weighted by Crippen LogP contribution is -2.19. The Bertz CT molecular complexity index is 1090. The van der Waals surface area contributed by atoms with E-state index in [-0.39, 0.29) is 6.04 Å². The highest BCUT2D eigenvalue weighted by Gasteiger charge is 2.30. The number of allylic oxidation sites excluding steroid dienone is 1. The first kappa shape index (κ1) is 20.2. The van der Waals surface area contributed by atoms with Crippen LogP contribution in [0.2, 0.25) is 0 Å². The minimum atomic E-state index is 0.0489. The zero-order valence-electron chi connectivity index (χ0n) is 17.0. The van der Waals surface area contributed by atoms with E-state index in [1.807, 2.05) is 54.6 Å². The molecule has 3 aromatic rings. The Morgan fingerprint density at radius 1 is 0.900 bits per heavy atom. The highest BCUT2D eigenvalue weighted by atomic mass is 79.9. The molecule has 0 saturated carbocycles. The SMILES string of the molecule is COc1ccccc1/C=C/C1=NN(c2cccc(Br)c2)[C@@H](c2ccccc2OC)C1. The number of nitrogens with zero attached hydrogens (tertiary/aromatic N) is 2. The Morgan fingerprint density at radius 2 is 1.63 bits per heavy atom. The van der Waals surface area contributed by atoms with Crippen molar-refractivity contribution in [3.8, 4) is 11.5 Å². The smallest absolute Gasteiger partial charge is 0.126 e. The van der Waals surface area contributed by atoms with Crippen molar-refractivity contribution in [2.75, 3.05) is 19.2 Å². The lowest BCUT2D eigenvalue weighted by Gasteiger charge is -2.25. The summed E-state index contributed by atoms with van der Waals surface area (Å²) in [6.07, 6.45) is 4.90. The van der Waals surface area contributed by atoms with Crippen molar-refractivity contribution in [1.29, 1.82) is 0 Å². The fourth-order valence-electron chi connectivity index (χ4n) is 3.66. The summed E-state index contributed by atoms with van der Waals surface area (Å²) in [7, 11) is 3.40. The van der Waals surface area contributed by atoms with Crippen molar-refractivity contribution >= 4 is 33.4 Å². The maximum atomic E-state index is 5.64.